The number of carboxylic acid groups (broad SMARTS) is 2. The quantitative estimate of drug-likeness (QED) is 0.364. The van der Waals surface area contributed by atoms with Crippen LogP contribution in [0.4, 0.5) is 0 Å². The summed E-state index contributed by atoms with van der Waals surface area (Å²) in [6, 6.07) is 4.49. The molecule has 1 fully saturated rings. The van der Waals surface area contributed by atoms with Gasteiger partial charge in [0.2, 0.25) is 11.8 Å². The summed E-state index contributed by atoms with van der Waals surface area (Å²) in [5.74, 6) is -4.12. The zero-order chi connectivity index (χ0) is 21.7. The normalized spacial score (nSPS) is 19.1. The second kappa shape index (κ2) is 9.06. The highest BCUT2D eigenvalue weighted by Crippen LogP contribution is 2.26. The number of piperidine rings is 1. The van der Waals surface area contributed by atoms with Gasteiger partial charge in [-0.1, -0.05) is 12.1 Å². The average molecular weight is 407 g/mol. The SMILES string of the molecule is O=C1CCC([15N]2C(=O)c3ccccc3C2=O)C(=O)N1.[15NH2]C(CCC(=O)O)C(=O)O. The highest BCUT2D eigenvalue weighted by molar-refractivity contribution is 6.23. The zero-order valence-corrected chi connectivity index (χ0v) is 15.2. The van der Waals surface area contributed by atoms with Crippen LogP contribution in [0, 0.1) is 0 Å². The van der Waals surface area contributed by atoms with Crippen molar-refractivity contribution in [3.8, 4) is 0 Å². The van der Waals surface area contributed by atoms with Crippen LogP contribution in [0.1, 0.15) is 46.4 Å². The van der Waals surface area contributed by atoms with Gasteiger partial charge in [0.15, 0.2) is 0 Å². The van der Waals surface area contributed by atoms with E-state index in [4.69, 9.17) is 15.9 Å². The maximum absolute atomic E-state index is 12.2. The van der Waals surface area contributed by atoms with Crippen LogP contribution in [0.25, 0.3) is 0 Å². The molecule has 1 saturated heterocycles. The molecular weight excluding hydrogens is 388 g/mol. The molecular formula is C18H19N3O8. The summed E-state index contributed by atoms with van der Waals surface area (Å²) < 4.78 is 0. The summed E-state index contributed by atoms with van der Waals surface area (Å²) >= 11 is 0. The molecule has 0 aliphatic carbocycles. The number of nitrogens with one attached hydrogen (secondary N) is 1. The Morgan fingerprint density at radius 2 is 1.66 bits per heavy atom. The van der Waals surface area contributed by atoms with E-state index in [0.717, 1.165) is 4.90 Å². The maximum atomic E-state index is 12.2. The standard InChI is InChI=1S/C13H10N2O4.C5H9NO4/c16-10-6-5-9(11(17)14-10)15-12(18)7-3-1-2-4-8(7)13(15)19;6-3(5(9)10)1-2-4(7)8/h1-4,9H,5-6H2,(H,14,16,17);3H,1-2,6H2,(H,7,8)(H,9,10)/i15+1;6+1. The molecule has 2 unspecified atom stereocenters. The number of carbonyl (C=O) groups excluding carboxylic acids is 4. The second-order valence-electron chi connectivity index (χ2n) is 6.37. The largest absolute Gasteiger partial charge is 0.481 e. The molecule has 154 valence electrons. The lowest BCUT2D eigenvalue weighted by Gasteiger charge is -2.27. The first-order chi connectivity index (χ1) is 13.6. The molecule has 0 aromatic heterocycles. The van der Waals surface area contributed by atoms with Crippen molar-refractivity contribution in [2.45, 2.75) is 37.8 Å². The van der Waals surface area contributed by atoms with E-state index in [9.17, 15) is 28.8 Å². The van der Waals surface area contributed by atoms with Gasteiger partial charge in [0.25, 0.3) is 11.8 Å². The van der Waals surface area contributed by atoms with Crippen LogP contribution in [-0.4, -0.2) is 62.8 Å². The predicted octanol–water partition coefficient (Wildman–Crippen LogP) is -0.649. The minimum Gasteiger partial charge on any atom is -0.481 e. The Morgan fingerprint density at radius 3 is 2.10 bits per heavy atom. The minimum atomic E-state index is -1.17. The summed E-state index contributed by atoms with van der Waals surface area (Å²) in [6.45, 7) is 0. The predicted molar refractivity (Wildman–Crippen MR) is 95.6 cm³/mol. The third kappa shape index (κ3) is 5.02. The number of hydrogen-bond acceptors (Lipinski definition) is 7. The number of benzene rings is 1. The fourth-order valence-electron chi connectivity index (χ4n) is 2.82. The first-order valence-corrected chi connectivity index (χ1v) is 8.64. The average Bonchev–Trinajstić information content (AvgIpc) is 2.92. The number of carboxylic acids is 2. The number of rotatable bonds is 5. The first kappa shape index (κ1) is 21.7. The summed E-state index contributed by atoms with van der Waals surface area (Å²) in [7, 11) is 0. The molecule has 2 atom stereocenters. The lowest BCUT2D eigenvalue weighted by atomic mass is 10.1. The number of imide groups is 2. The van der Waals surface area contributed by atoms with Crippen molar-refractivity contribution >= 4 is 35.6 Å². The van der Waals surface area contributed by atoms with Crippen LogP contribution in [0.15, 0.2) is 24.3 Å². The minimum absolute atomic E-state index is 0.0231. The van der Waals surface area contributed by atoms with Crippen LogP contribution in [0.5, 0.6) is 0 Å². The van der Waals surface area contributed by atoms with Crippen LogP contribution < -0.4 is 11.1 Å². The number of amides is 4. The number of carbonyl (C=O) groups is 6. The van der Waals surface area contributed by atoms with Gasteiger partial charge in [0.1, 0.15) is 12.1 Å². The van der Waals surface area contributed by atoms with Crippen molar-refractivity contribution in [1.29, 1.82) is 0 Å². The van der Waals surface area contributed by atoms with Crippen molar-refractivity contribution in [2.24, 2.45) is 5.73 Å². The first-order valence-electron chi connectivity index (χ1n) is 8.64. The molecule has 11 nitrogen and oxygen atoms in total. The molecule has 0 radical (unpaired) electrons. The molecule has 0 saturated carbocycles. The van der Waals surface area contributed by atoms with Crippen molar-refractivity contribution < 1.29 is 39.0 Å². The van der Waals surface area contributed by atoms with E-state index in [-0.39, 0.29) is 31.6 Å². The van der Waals surface area contributed by atoms with E-state index in [2.05, 4.69) is 5.32 Å². The molecule has 29 heavy (non-hydrogen) atoms. The fourth-order valence-corrected chi connectivity index (χ4v) is 2.82. The molecule has 0 spiro atoms. The Bertz CT molecular complexity index is 847. The van der Waals surface area contributed by atoms with Gasteiger partial charge in [0.05, 0.1) is 11.1 Å². The second-order valence-corrected chi connectivity index (χ2v) is 6.37. The van der Waals surface area contributed by atoms with Crippen molar-refractivity contribution in [3.63, 3.8) is 0 Å². The number of aliphatic carboxylic acids is 2. The van der Waals surface area contributed by atoms with Gasteiger partial charge in [-0.2, -0.15) is 0 Å². The van der Waals surface area contributed by atoms with E-state index >= 15 is 0 Å². The topological polar surface area (TPSA) is 184 Å². The Hall–Kier alpha value is -3.60. The molecule has 1 aromatic rings. The highest BCUT2D eigenvalue weighted by Gasteiger charge is 2.44. The Balaban J connectivity index is 0.000000257. The van der Waals surface area contributed by atoms with Gasteiger partial charge in [-0.15, -0.1) is 0 Å². The van der Waals surface area contributed by atoms with Crippen LogP contribution in [0.3, 0.4) is 0 Å². The number of nitrogens with two attached hydrogens (primary N) is 1. The van der Waals surface area contributed by atoms with Gasteiger partial charge in [-0.3, -0.25) is 39.0 Å². The lowest BCUT2D eigenvalue weighted by Crippen LogP contribution is -2.54. The highest BCUT2D eigenvalue weighted by atomic mass is 16.4. The summed E-state index contributed by atoms with van der Waals surface area (Å²) in [5.41, 5.74) is 5.61. The van der Waals surface area contributed by atoms with Crippen molar-refractivity contribution in [1.82, 2.24) is 10.2 Å². The van der Waals surface area contributed by atoms with Crippen LogP contribution in [0.2, 0.25) is 0 Å². The van der Waals surface area contributed by atoms with Crippen molar-refractivity contribution in [2.75, 3.05) is 0 Å². The van der Waals surface area contributed by atoms with E-state index in [1.54, 1.807) is 24.3 Å². The molecule has 3 rings (SSSR count). The molecule has 2 aliphatic rings. The zero-order valence-electron chi connectivity index (χ0n) is 15.2. The number of fused-ring (bicyclic) bond motifs is 1. The lowest BCUT2D eigenvalue weighted by molar-refractivity contribution is -0.140. The van der Waals surface area contributed by atoms with Gasteiger partial charge in [-0.25, -0.2) is 0 Å². The molecule has 2 heterocycles. The Morgan fingerprint density at radius 1 is 1.10 bits per heavy atom. The Labute approximate surface area is 164 Å². The van der Waals surface area contributed by atoms with E-state index < -0.39 is 41.7 Å². The molecule has 0 bridgehead atoms. The van der Waals surface area contributed by atoms with E-state index in [0.29, 0.717) is 11.1 Å². The van der Waals surface area contributed by atoms with Gasteiger partial charge in [-0.05, 0) is 25.0 Å². The molecule has 4 amide bonds. The van der Waals surface area contributed by atoms with Crippen molar-refractivity contribution in [3.05, 3.63) is 35.4 Å². The van der Waals surface area contributed by atoms with Gasteiger partial charge in [0, 0.05) is 12.8 Å². The summed E-state index contributed by atoms with van der Waals surface area (Å²) in [6.07, 6.45) is 0.0814. The Kier molecular flexibility index (Phi) is 6.78. The molecule has 1 aromatic carbocycles. The monoisotopic (exact) mass is 407 g/mol. The van der Waals surface area contributed by atoms with E-state index in [1.807, 2.05) is 0 Å². The summed E-state index contributed by atoms with van der Waals surface area (Å²) in [5, 5.41) is 18.4. The van der Waals surface area contributed by atoms with Crippen LogP contribution in [-0.2, 0) is 19.2 Å². The third-order valence-corrected chi connectivity index (χ3v) is 4.33. The maximum Gasteiger partial charge on any atom is 0.320 e. The molecule has 11 heteroatoms. The summed E-state index contributed by atoms with van der Waals surface area (Å²) in [4.78, 5) is 68.0. The van der Waals surface area contributed by atoms with Gasteiger partial charge < -0.3 is 15.9 Å². The molecule has 2 aliphatic heterocycles. The smallest absolute Gasteiger partial charge is 0.320 e. The fraction of sp³-hybridized carbons (Fsp3) is 0.333. The van der Waals surface area contributed by atoms with Gasteiger partial charge >= 0.3 is 11.9 Å². The molecule has 5 N–H and O–H groups in total. The van der Waals surface area contributed by atoms with E-state index in [1.165, 1.54) is 0 Å². The number of hydrogen-bond donors (Lipinski definition) is 4. The van der Waals surface area contributed by atoms with Crippen LogP contribution >= 0.6 is 0 Å². The number of nitrogens with zero attached hydrogens (tertiary/aromatic N) is 1. The third-order valence-electron chi connectivity index (χ3n) is 4.33.